The van der Waals surface area contributed by atoms with Gasteiger partial charge in [0.2, 0.25) is 0 Å². The summed E-state index contributed by atoms with van der Waals surface area (Å²) < 4.78 is 13.6. The lowest BCUT2D eigenvalue weighted by Crippen LogP contribution is -2.35. The number of halogens is 3. The molecule has 1 aliphatic carbocycles. The molecule has 0 amide bonds. The zero-order chi connectivity index (χ0) is 15.4. The fraction of sp³-hybridized carbons (Fsp3) is 0.647. The van der Waals surface area contributed by atoms with Gasteiger partial charge in [-0.3, -0.25) is 0 Å². The first-order valence-corrected chi connectivity index (χ1v) is 8.65. The second-order valence-electron chi connectivity index (χ2n) is 6.19. The summed E-state index contributed by atoms with van der Waals surface area (Å²) in [6.07, 6.45) is 7.86. The molecule has 0 aromatic heterocycles. The van der Waals surface area contributed by atoms with Gasteiger partial charge in [-0.2, -0.15) is 0 Å². The molecule has 0 radical (unpaired) electrons. The fourth-order valence-electron chi connectivity index (χ4n) is 3.36. The number of hydrogen-bond donors (Lipinski definition) is 1. The normalized spacial score (nSPS) is 20.0. The molecule has 0 heterocycles. The van der Waals surface area contributed by atoms with Crippen LogP contribution in [0.5, 0.6) is 0 Å². The molecule has 1 fully saturated rings. The molecule has 1 N–H and O–H groups in total. The van der Waals surface area contributed by atoms with Crippen LogP contribution in [-0.4, -0.2) is 6.04 Å². The van der Waals surface area contributed by atoms with Crippen molar-refractivity contribution in [2.24, 2.45) is 5.92 Å². The molecule has 118 valence electrons. The summed E-state index contributed by atoms with van der Waals surface area (Å²) in [5.41, 5.74) is 0.666. The van der Waals surface area contributed by atoms with E-state index in [4.69, 9.17) is 23.2 Å². The first kappa shape index (κ1) is 17.1. The van der Waals surface area contributed by atoms with Gasteiger partial charge in [0.05, 0.1) is 5.02 Å². The lowest BCUT2D eigenvalue weighted by molar-refractivity contribution is 0.316. The summed E-state index contributed by atoms with van der Waals surface area (Å²) in [5.74, 6) is 0.271. The van der Waals surface area contributed by atoms with Gasteiger partial charge in [0, 0.05) is 22.7 Å². The Labute approximate surface area is 137 Å². The predicted molar refractivity (Wildman–Crippen MR) is 88.6 cm³/mol. The van der Waals surface area contributed by atoms with Crippen LogP contribution in [0, 0.1) is 11.7 Å². The molecule has 2 rings (SSSR count). The average Bonchev–Trinajstić information content (AvgIpc) is 2.72. The molecule has 1 saturated carbocycles. The molecular formula is C17H24Cl2FN. The molecule has 1 unspecified atom stereocenters. The molecule has 1 aromatic carbocycles. The first-order valence-electron chi connectivity index (χ1n) is 7.90. The molecule has 0 spiro atoms. The van der Waals surface area contributed by atoms with E-state index in [-0.39, 0.29) is 11.1 Å². The van der Waals surface area contributed by atoms with Gasteiger partial charge < -0.3 is 5.32 Å². The van der Waals surface area contributed by atoms with E-state index in [1.807, 2.05) is 6.92 Å². The van der Waals surface area contributed by atoms with Gasteiger partial charge in [-0.25, -0.2) is 4.39 Å². The largest absolute Gasteiger partial charge is 0.307 e. The second-order valence-corrected chi connectivity index (χ2v) is 6.97. The van der Waals surface area contributed by atoms with Crippen LogP contribution in [0.25, 0.3) is 0 Å². The van der Waals surface area contributed by atoms with Crippen molar-refractivity contribution in [3.63, 3.8) is 0 Å². The molecule has 0 bridgehead atoms. The Kier molecular flexibility index (Phi) is 6.34. The minimum absolute atomic E-state index is 0.0565. The summed E-state index contributed by atoms with van der Waals surface area (Å²) in [5, 5.41) is 4.22. The first-order chi connectivity index (χ1) is 10.0. The summed E-state index contributed by atoms with van der Waals surface area (Å²) in [6.45, 7) is 4.22. The van der Waals surface area contributed by atoms with Crippen LogP contribution >= 0.6 is 23.2 Å². The highest BCUT2D eigenvalue weighted by atomic mass is 35.5. The summed E-state index contributed by atoms with van der Waals surface area (Å²) in [4.78, 5) is 0. The fourth-order valence-corrected chi connectivity index (χ4v) is 4.06. The molecule has 1 aliphatic rings. The van der Waals surface area contributed by atoms with Gasteiger partial charge in [-0.15, -0.1) is 0 Å². The Hall–Kier alpha value is -0.310. The summed E-state index contributed by atoms with van der Waals surface area (Å²) >= 11 is 12.3. The van der Waals surface area contributed by atoms with Gasteiger partial charge in [-0.05, 0) is 44.7 Å². The van der Waals surface area contributed by atoms with Gasteiger partial charge in [0.25, 0.3) is 0 Å². The van der Waals surface area contributed by atoms with Crippen molar-refractivity contribution >= 4 is 23.2 Å². The zero-order valence-electron chi connectivity index (χ0n) is 12.8. The predicted octanol–water partition coefficient (Wildman–Crippen LogP) is 6.14. The molecule has 1 aromatic rings. The smallest absolute Gasteiger partial charge is 0.142 e. The van der Waals surface area contributed by atoms with Gasteiger partial charge in [0.1, 0.15) is 5.82 Å². The van der Waals surface area contributed by atoms with E-state index in [0.717, 1.165) is 0 Å². The van der Waals surface area contributed by atoms with E-state index in [9.17, 15) is 4.39 Å². The highest BCUT2D eigenvalue weighted by molar-refractivity contribution is 6.36. The van der Waals surface area contributed by atoms with Crippen LogP contribution in [-0.2, 0) is 0 Å². The highest BCUT2D eigenvalue weighted by Crippen LogP contribution is 2.33. The molecule has 1 nitrogen and oxygen atoms in total. The Morgan fingerprint density at radius 1 is 1.10 bits per heavy atom. The van der Waals surface area contributed by atoms with Crippen LogP contribution in [0.4, 0.5) is 4.39 Å². The van der Waals surface area contributed by atoms with Crippen LogP contribution in [0.3, 0.4) is 0 Å². The molecule has 4 heteroatoms. The molecular weight excluding hydrogens is 308 g/mol. The summed E-state index contributed by atoms with van der Waals surface area (Å²) in [7, 11) is 0. The Morgan fingerprint density at radius 2 is 1.71 bits per heavy atom. The third kappa shape index (κ3) is 4.34. The zero-order valence-corrected chi connectivity index (χ0v) is 14.3. The Bertz CT molecular complexity index is 470. The standard InChI is InChI=1S/C17H24Cl2FN/c1-11(13-7-5-3-4-6-8-13)21-12(2)16-14(18)9-10-15(20)17(16)19/h9-13,21H,3-8H2,1-2H3/t11-,12?/m1/s1. The minimum Gasteiger partial charge on any atom is -0.307 e. The number of hydrogen-bond acceptors (Lipinski definition) is 1. The van der Waals surface area contributed by atoms with Gasteiger partial charge in [-0.1, -0.05) is 48.9 Å². The average molecular weight is 332 g/mol. The Morgan fingerprint density at radius 3 is 2.33 bits per heavy atom. The van der Waals surface area contributed by atoms with Crippen LogP contribution < -0.4 is 5.32 Å². The quantitative estimate of drug-likeness (QED) is 0.516. The van der Waals surface area contributed by atoms with Crippen molar-refractivity contribution in [2.75, 3.05) is 0 Å². The number of benzene rings is 1. The van der Waals surface area contributed by atoms with Crippen LogP contribution in [0.1, 0.15) is 64.0 Å². The van der Waals surface area contributed by atoms with E-state index in [2.05, 4.69) is 12.2 Å². The van der Waals surface area contributed by atoms with Gasteiger partial charge >= 0.3 is 0 Å². The third-order valence-electron chi connectivity index (χ3n) is 4.63. The monoisotopic (exact) mass is 331 g/mol. The van der Waals surface area contributed by atoms with E-state index in [0.29, 0.717) is 22.5 Å². The van der Waals surface area contributed by atoms with Crippen LogP contribution in [0.15, 0.2) is 12.1 Å². The van der Waals surface area contributed by atoms with Crippen molar-refractivity contribution in [2.45, 2.75) is 64.5 Å². The minimum atomic E-state index is -0.410. The third-order valence-corrected chi connectivity index (χ3v) is 5.35. The van der Waals surface area contributed by atoms with Gasteiger partial charge in [0.15, 0.2) is 0 Å². The van der Waals surface area contributed by atoms with Crippen molar-refractivity contribution in [3.05, 3.63) is 33.6 Å². The van der Waals surface area contributed by atoms with Crippen molar-refractivity contribution in [1.29, 1.82) is 0 Å². The van der Waals surface area contributed by atoms with E-state index in [1.165, 1.54) is 44.6 Å². The molecule has 0 aliphatic heterocycles. The molecule has 21 heavy (non-hydrogen) atoms. The summed E-state index contributed by atoms with van der Waals surface area (Å²) in [6, 6.07) is 3.22. The van der Waals surface area contributed by atoms with Crippen molar-refractivity contribution in [3.8, 4) is 0 Å². The molecule has 0 saturated heterocycles. The topological polar surface area (TPSA) is 12.0 Å². The maximum Gasteiger partial charge on any atom is 0.142 e. The number of nitrogens with one attached hydrogen (secondary N) is 1. The SMILES string of the molecule is CC(N[C@H](C)C1CCCCCC1)c1c(Cl)ccc(F)c1Cl. The maximum atomic E-state index is 13.6. The van der Waals surface area contributed by atoms with Crippen LogP contribution in [0.2, 0.25) is 10.0 Å². The maximum absolute atomic E-state index is 13.6. The van der Waals surface area contributed by atoms with E-state index in [1.54, 1.807) is 6.07 Å². The highest BCUT2D eigenvalue weighted by Gasteiger charge is 2.23. The molecule has 2 atom stereocenters. The number of rotatable bonds is 4. The van der Waals surface area contributed by atoms with Crippen molar-refractivity contribution in [1.82, 2.24) is 5.32 Å². The lowest BCUT2D eigenvalue weighted by Gasteiger charge is -2.28. The van der Waals surface area contributed by atoms with E-state index >= 15 is 0 Å². The van der Waals surface area contributed by atoms with E-state index < -0.39 is 5.82 Å². The lowest BCUT2D eigenvalue weighted by atomic mass is 9.92. The second kappa shape index (κ2) is 7.80. The van der Waals surface area contributed by atoms with Crippen molar-refractivity contribution < 1.29 is 4.39 Å². The Balaban J connectivity index is 2.06.